The Hall–Kier alpha value is -1.06. The first kappa shape index (κ1) is 17.9. The Kier molecular flexibility index (Phi) is 9.27. The highest BCUT2D eigenvalue weighted by molar-refractivity contribution is 5.85. The normalized spacial score (nSPS) is 11.5. The van der Waals surface area contributed by atoms with Gasteiger partial charge in [-0.15, -0.1) is 12.4 Å². The molecule has 1 atom stereocenters. The molecule has 1 rings (SSSR count). The lowest BCUT2D eigenvalue weighted by Crippen LogP contribution is -2.27. The van der Waals surface area contributed by atoms with Gasteiger partial charge in [0.15, 0.2) is 0 Å². The van der Waals surface area contributed by atoms with E-state index >= 15 is 0 Å². The van der Waals surface area contributed by atoms with Crippen molar-refractivity contribution in [3.63, 3.8) is 0 Å². The fourth-order valence-electron chi connectivity index (χ4n) is 1.86. The Balaban J connectivity index is 0.00000324. The molecular weight excluding hydrogens is 260 g/mol. The van der Waals surface area contributed by atoms with E-state index in [2.05, 4.69) is 41.8 Å². The standard InChI is InChI=1S/C15H24N2O.ClH/c1-4-13-7-9-14(10-8-13)12(2)17-15(18)6-5-11-16-3;/h7-10,12,16H,4-6,11H2,1-3H3,(H,17,18);1H. The second kappa shape index (κ2) is 9.82. The predicted molar refractivity (Wildman–Crippen MR) is 82.8 cm³/mol. The topological polar surface area (TPSA) is 41.1 Å². The predicted octanol–water partition coefficient (Wildman–Crippen LogP) is 2.85. The van der Waals surface area contributed by atoms with Crippen LogP contribution in [0.2, 0.25) is 0 Å². The van der Waals surface area contributed by atoms with Gasteiger partial charge in [0.2, 0.25) is 5.91 Å². The SMILES string of the molecule is CCc1ccc(C(C)NC(=O)CCCNC)cc1.Cl. The zero-order valence-corrected chi connectivity index (χ0v) is 12.8. The van der Waals surface area contributed by atoms with Crippen LogP contribution in [0.5, 0.6) is 0 Å². The molecule has 0 spiro atoms. The molecule has 2 N–H and O–H groups in total. The second-order valence-corrected chi connectivity index (χ2v) is 4.59. The molecule has 0 aliphatic carbocycles. The minimum atomic E-state index is 0. The van der Waals surface area contributed by atoms with Gasteiger partial charge >= 0.3 is 0 Å². The fraction of sp³-hybridized carbons (Fsp3) is 0.533. The van der Waals surface area contributed by atoms with Crippen LogP contribution in [0.15, 0.2) is 24.3 Å². The zero-order valence-electron chi connectivity index (χ0n) is 12.0. The molecule has 0 aliphatic heterocycles. The summed E-state index contributed by atoms with van der Waals surface area (Å²) in [5, 5.41) is 6.07. The van der Waals surface area contributed by atoms with E-state index in [4.69, 9.17) is 0 Å². The molecule has 19 heavy (non-hydrogen) atoms. The number of carbonyl (C=O) groups excluding carboxylic acids is 1. The summed E-state index contributed by atoms with van der Waals surface area (Å²) < 4.78 is 0. The van der Waals surface area contributed by atoms with Gasteiger partial charge in [-0.1, -0.05) is 31.2 Å². The van der Waals surface area contributed by atoms with E-state index in [1.54, 1.807) is 0 Å². The van der Waals surface area contributed by atoms with Crippen LogP contribution in [-0.4, -0.2) is 19.5 Å². The van der Waals surface area contributed by atoms with E-state index in [9.17, 15) is 4.79 Å². The highest BCUT2D eigenvalue weighted by Crippen LogP contribution is 2.13. The molecule has 3 nitrogen and oxygen atoms in total. The summed E-state index contributed by atoms with van der Waals surface area (Å²) >= 11 is 0. The van der Waals surface area contributed by atoms with Crippen LogP contribution in [0.25, 0.3) is 0 Å². The average Bonchev–Trinajstić information content (AvgIpc) is 2.39. The van der Waals surface area contributed by atoms with Gasteiger partial charge in [0.25, 0.3) is 0 Å². The smallest absolute Gasteiger partial charge is 0.220 e. The maximum Gasteiger partial charge on any atom is 0.220 e. The fourth-order valence-corrected chi connectivity index (χ4v) is 1.86. The van der Waals surface area contributed by atoms with Gasteiger partial charge in [0, 0.05) is 6.42 Å². The number of halogens is 1. The van der Waals surface area contributed by atoms with Gasteiger partial charge in [-0.3, -0.25) is 4.79 Å². The van der Waals surface area contributed by atoms with E-state index in [-0.39, 0.29) is 24.4 Å². The van der Waals surface area contributed by atoms with E-state index in [1.165, 1.54) is 5.56 Å². The number of hydrogen-bond donors (Lipinski definition) is 2. The second-order valence-electron chi connectivity index (χ2n) is 4.59. The zero-order chi connectivity index (χ0) is 13.4. The molecule has 1 unspecified atom stereocenters. The molecular formula is C15H25ClN2O. The van der Waals surface area contributed by atoms with E-state index in [1.807, 2.05) is 14.0 Å². The molecule has 108 valence electrons. The highest BCUT2D eigenvalue weighted by Gasteiger charge is 2.08. The molecule has 0 saturated heterocycles. The van der Waals surface area contributed by atoms with E-state index in [0.29, 0.717) is 6.42 Å². The van der Waals surface area contributed by atoms with Crippen LogP contribution >= 0.6 is 12.4 Å². The summed E-state index contributed by atoms with van der Waals surface area (Å²) in [5.74, 6) is 0.123. The third kappa shape index (κ3) is 6.60. The molecule has 1 amide bonds. The summed E-state index contributed by atoms with van der Waals surface area (Å²) in [6.07, 6.45) is 2.51. The lowest BCUT2D eigenvalue weighted by Gasteiger charge is -2.14. The summed E-state index contributed by atoms with van der Waals surface area (Å²) in [6.45, 7) is 5.05. The number of nitrogens with one attached hydrogen (secondary N) is 2. The van der Waals surface area contributed by atoms with E-state index < -0.39 is 0 Å². The van der Waals surface area contributed by atoms with Crippen LogP contribution in [0.3, 0.4) is 0 Å². The van der Waals surface area contributed by atoms with Gasteiger partial charge in [-0.2, -0.15) is 0 Å². The molecule has 0 aromatic heterocycles. The Morgan fingerprint density at radius 2 is 1.89 bits per heavy atom. The third-order valence-corrected chi connectivity index (χ3v) is 3.10. The Morgan fingerprint density at radius 3 is 2.42 bits per heavy atom. The Labute approximate surface area is 122 Å². The lowest BCUT2D eigenvalue weighted by atomic mass is 10.0. The van der Waals surface area contributed by atoms with Crippen molar-refractivity contribution in [3.8, 4) is 0 Å². The highest BCUT2D eigenvalue weighted by atomic mass is 35.5. The molecule has 0 radical (unpaired) electrons. The molecule has 1 aromatic carbocycles. The van der Waals surface area contributed by atoms with Crippen LogP contribution < -0.4 is 10.6 Å². The van der Waals surface area contributed by atoms with Gasteiger partial charge in [0.1, 0.15) is 0 Å². The van der Waals surface area contributed by atoms with Crippen molar-refractivity contribution in [2.24, 2.45) is 0 Å². The van der Waals surface area contributed by atoms with Crippen LogP contribution in [0.4, 0.5) is 0 Å². The first-order valence-corrected chi connectivity index (χ1v) is 6.70. The number of benzene rings is 1. The maximum absolute atomic E-state index is 11.7. The quantitative estimate of drug-likeness (QED) is 0.756. The Bertz CT molecular complexity index is 365. The van der Waals surface area contributed by atoms with Gasteiger partial charge in [0.05, 0.1) is 6.04 Å². The molecule has 0 fully saturated rings. The first-order chi connectivity index (χ1) is 8.67. The summed E-state index contributed by atoms with van der Waals surface area (Å²) in [6, 6.07) is 8.52. The monoisotopic (exact) mass is 284 g/mol. The number of aryl methyl sites for hydroxylation is 1. The van der Waals surface area contributed by atoms with Crippen LogP contribution in [0.1, 0.15) is 43.9 Å². The maximum atomic E-state index is 11.7. The number of carbonyl (C=O) groups is 1. The van der Waals surface area contributed by atoms with E-state index in [0.717, 1.165) is 24.9 Å². The number of hydrogen-bond acceptors (Lipinski definition) is 2. The van der Waals surface area contributed by atoms with Gasteiger partial charge < -0.3 is 10.6 Å². The largest absolute Gasteiger partial charge is 0.350 e. The number of rotatable bonds is 7. The lowest BCUT2D eigenvalue weighted by molar-refractivity contribution is -0.121. The summed E-state index contributed by atoms with van der Waals surface area (Å²) in [4.78, 5) is 11.7. The Morgan fingerprint density at radius 1 is 1.26 bits per heavy atom. The van der Waals surface area contributed by atoms with Crippen LogP contribution in [-0.2, 0) is 11.2 Å². The van der Waals surface area contributed by atoms with Gasteiger partial charge in [-0.05, 0) is 44.5 Å². The van der Waals surface area contributed by atoms with Crippen molar-refractivity contribution < 1.29 is 4.79 Å². The average molecular weight is 285 g/mol. The molecule has 0 aliphatic rings. The molecule has 4 heteroatoms. The van der Waals surface area contributed by atoms with Crippen molar-refractivity contribution in [2.75, 3.05) is 13.6 Å². The molecule has 1 aromatic rings. The van der Waals surface area contributed by atoms with Crippen molar-refractivity contribution >= 4 is 18.3 Å². The van der Waals surface area contributed by atoms with Gasteiger partial charge in [-0.25, -0.2) is 0 Å². The summed E-state index contributed by atoms with van der Waals surface area (Å²) in [7, 11) is 1.90. The van der Waals surface area contributed by atoms with Crippen molar-refractivity contribution in [3.05, 3.63) is 35.4 Å². The molecule has 0 saturated carbocycles. The first-order valence-electron chi connectivity index (χ1n) is 6.70. The molecule has 0 heterocycles. The van der Waals surface area contributed by atoms with Crippen molar-refractivity contribution in [2.45, 2.75) is 39.2 Å². The van der Waals surface area contributed by atoms with Crippen LogP contribution in [0, 0.1) is 0 Å². The number of amides is 1. The minimum absolute atomic E-state index is 0. The molecule has 0 bridgehead atoms. The minimum Gasteiger partial charge on any atom is -0.350 e. The van der Waals surface area contributed by atoms with Crippen molar-refractivity contribution in [1.82, 2.24) is 10.6 Å². The third-order valence-electron chi connectivity index (χ3n) is 3.10. The van der Waals surface area contributed by atoms with Crippen molar-refractivity contribution in [1.29, 1.82) is 0 Å². The summed E-state index contributed by atoms with van der Waals surface area (Å²) in [5.41, 5.74) is 2.49.